The Hall–Kier alpha value is -2.34. The second-order valence-electron chi connectivity index (χ2n) is 10.8. The van der Waals surface area contributed by atoms with E-state index >= 15 is 0 Å². The number of anilines is 1. The van der Waals surface area contributed by atoms with Crippen molar-refractivity contribution in [3.05, 3.63) is 41.6 Å². The zero-order valence-electron chi connectivity index (χ0n) is 21.7. The number of benzene rings is 1. The zero-order chi connectivity index (χ0) is 24.1. The Morgan fingerprint density at radius 1 is 1.09 bits per heavy atom. The van der Waals surface area contributed by atoms with Crippen LogP contribution in [-0.2, 0) is 11.3 Å². The van der Waals surface area contributed by atoms with Gasteiger partial charge in [-0.25, -0.2) is 4.68 Å². The molecule has 186 valence electrons. The molecule has 34 heavy (non-hydrogen) atoms. The highest BCUT2D eigenvalue weighted by atomic mass is 16.2. The molecule has 0 radical (unpaired) electrons. The van der Waals surface area contributed by atoms with Crippen LogP contribution in [0.2, 0.25) is 0 Å². The van der Waals surface area contributed by atoms with Gasteiger partial charge in [-0.2, -0.15) is 5.10 Å². The largest absolute Gasteiger partial charge is 0.354 e. The van der Waals surface area contributed by atoms with Crippen molar-refractivity contribution in [2.75, 3.05) is 44.7 Å². The zero-order valence-corrected chi connectivity index (χ0v) is 21.7. The minimum absolute atomic E-state index is 0.303. The molecule has 4 rings (SSSR count). The van der Waals surface area contributed by atoms with Crippen molar-refractivity contribution in [1.82, 2.24) is 19.6 Å². The monoisotopic (exact) mass is 465 g/mol. The molecular formula is C28H43N5O. The Bertz CT molecular complexity index is 924. The first kappa shape index (κ1) is 24.8. The number of rotatable bonds is 9. The van der Waals surface area contributed by atoms with Gasteiger partial charge in [0.25, 0.3) is 0 Å². The molecule has 1 saturated carbocycles. The number of carbonyl (C=O) groups excluding carboxylic acids is 1. The molecule has 0 unspecified atom stereocenters. The highest BCUT2D eigenvalue weighted by molar-refractivity contribution is 5.76. The lowest BCUT2D eigenvalue weighted by atomic mass is 10.0. The second kappa shape index (κ2) is 11.4. The minimum Gasteiger partial charge on any atom is -0.354 e. The van der Waals surface area contributed by atoms with Gasteiger partial charge in [-0.05, 0) is 44.4 Å². The number of hydrogen-bond donors (Lipinski definition) is 0. The molecule has 1 amide bonds. The van der Waals surface area contributed by atoms with E-state index in [4.69, 9.17) is 5.10 Å². The molecule has 0 atom stereocenters. The summed E-state index contributed by atoms with van der Waals surface area (Å²) in [6.07, 6.45) is 6.98. The van der Waals surface area contributed by atoms with Crippen molar-refractivity contribution < 1.29 is 4.79 Å². The molecule has 6 nitrogen and oxygen atoms in total. The van der Waals surface area contributed by atoms with Crippen LogP contribution in [0, 0.1) is 18.8 Å². The van der Waals surface area contributed by atoms with E-state index in [-0.39, 0.29) is 0 Å². The summed E-state index contributed by atoms with van der Waals surface area (Å²) in [7, 11) is 2.19. The van der Waals surface area contributed by atoms with Gasteiger partial charge >= 0.3 is 0 Å². The fourth-order valence-electron chi connectivity index (χ4n) is 5.50. The summed E-state index contributed by atoms with van der Waals surface area (Å²) in [6, 6.07) is 10.4. The van der Waals surface area contributed by atoms with E-state index in [1.807, 2.05) is 6.07 Å². The first-order chi connectivity index (χ1) is 16.4. The fourth-order valence-corrected chi connectivity index (χ4v) is 5.50. The Labute approximate surface area is 205 Å². The van der Waals surface area contributed by atoms with Crippen molar-refractivity contribution in [2.24, 2.45) is 11.8 Å². The van der Waals surface area contributed by atoms with Gasteiger partial charge in [-0.3, -0.25) is 4.79 Å². The Morgan fingerprint density at radius 3 is 2.41 bits per heavy atom. The van der Waals surface area contributed by atoms with Gasteiger partial charge in [-0.1, -0.05) is 57.7 Å². The average Bonchev–Trinajstić information content (AvgIpc) is 3.46. The molecule has 2 fully saturated rings. The van der Waals surface area contributed by atoms with Crippen LogP contribution in [0.15, 0.2) is 30.3 Å². The van der Waals surface area contributed by atoms with Gasteiger partial charge in [0.1, 0.15) is 5.82 Å². The van der Waals surface area contributed by atoms with Crippen LogP contribution in [0.5, 0.6) is 0 Å². The Kier molecular flexibility index (Phi) is 8.30. The predicted molar refractivity (Wildman–Crippen MR) is 139 cm³/mol. The van der Waals surface area contributed by atoms with Gasteiger partial charge in [0, 0.05) is 44.7 Å². The number of aryl methyl sites for hydroxylation is 1. The van der Waals surface area contributed by atoms with E-state index in [9.17, 15) is 4.79 Å². The third-order valence-electron chi connectivity index (χ3n) is 7.49. The lowest BCUT2D eigenvalue weighted by Gasteiger charge is -2.35. The summed E-state index contributed by atoms with van der Waals surface area (Å²) in [5.41, 5.74) is 3.30. The summed E-state index contributed by atoms with van der Waals surface area (Å²) >= 11 is 0. The van der Waals surface area contributed by atoms with Gasteiger partial charge in [0.2, 0.25) is 5.91 Å². The molecule has 1 aromatic carbocycles. The van der Waals surface area contributed by atoms with E-state index in [0.29, 0.717) is 24.8 Å². The molecule has 1 aliphatic carbocycles. The number of para-hydroxylation sites is 1. The normalized spacial score (nSPS) is 17.6. The van der Waals surface area contributed by atoms with Crippen LogP contribution in [0.3, 0.4) is 0 Å². The Balaban J connectivity index is 1.62. The first-order valence-corrected chi connectivity index (χ1v) is 13.3. The van der Waals surface area contributed by atoms with Crippen LogP contribution < -0.4 is 4.90 Å². The number of likely N-dealkylation sites (N-methyl/N-ethyl adjacent to an activating group) is 1. The van der Waals surface area contributed by atoms with Gasteiger partial charge in [0.15, 0.2) is 0 Å². The third kappa shape index (κ3) is 6.01. The van der Waals surface area contributed by atoms with Crippen molar-refractivity contribution in [3.63, 3.8) is 0 Å². The third-order valence-corrected chi connectivity index (χ3v) is 7.49. The lowest BCUT2D eigenvalue weighted by Crippen LogP contribution is -2.45. The Morgan fingerprint density at radius 2 is 1.76 bits per heavy atom. The van der Waals surface area contributed by atoms with Gasteiger partial charge < -0.3 is 14.7 Å². The number of nitrogens with zero attached hydrogens (tertiary/aromatic N) is 5. The number of hydrogen-bond acceptors (Lipinski definition) is 4. The molecule has 1 aliphatic heterocycles. The van der Waals surface area contributed by atoms with Crippen molar-refractivity contribution in [1.29, 1.82) is 0 Å². The number of piperazine rings is 1. The topological polar surface area (TPSA) is 44.6 Å². The standard InChI is InChI=1S/C28H43N5O/c1-22(2)20-32(27(34)15-14-24-10-8-9-11-24)21-26-23(3)29-33(25-12-6-5-7-13-25)28(26)31-18-16-30(4)17-19-31/h5-7,12-13,22,24H,8-11,14-21H2,1-4H3. The molecule has 1 aromatic heterocycles. The fraction of sp³-hybridized carbons (Fsp3) is 0.643. The van der Waals surface area contributed by atoms with Crippen molar-refractivity contribution >= 4 is 11.7 Å². The van der Waals surface area contributed by atoms with E-state index in [2.05, 4.69) is 71.5 Å². The van der Waals surface area contributed by atoms with Crippen LogP contribution >= 0.6 is 0 Å². The summed E-state index contributed by atoms with van der Waals surface area (Å²) in [6.45, 7) is 12.0. The lowest BCUT2D eigenvalue weighted by molar-refractivity contribution is -0.132. The number of carbonyl (C=O) groups is 1. The summed E-state index contributed by atoms with van der Waals surface area (Å²) in [4.78, 5) is 20.4. The van der Waals surface area contributed by atoms with Crippen molar-refractivity contribution in [2.45, 2.75) is 65.8 Å². The van der Waals surface area contributed by atoms with Crippen molar-refractivity contribution in [3.8, 4) is 5.69 Å². The quantitative estimate of drug-likeness (QED) is 0.529. The summed E-state index contributed by atoms with van der Waals surface area (Å²) in [5.74, 6) is 2.64. The van der Waals surface area contributed by atoms with E-state index in [0.717, 1.165) is 62.3 Å². The maximum absolute atomic E-state index is 13.4. The van der Waals surface area contributed by atoms with Crippen LogP contribution in [0.1, 0.15) is 63.6 Å². The van der Waals surface area contributed by atoms with Crippen LogP contribution in [0.4, 0.5) is 5.82 Å². The van der Waals surface area contributed by atoms with Crippen LogP contribution in [-0.4, -0.2) is 65.3 Å². The molecule has 2 aromatic rings. The molecule has 0 bridgehead atoms. The first-order valence-electron chi connectivity index (χ1n) is 13.3. The molecular weight excluding hydrogens is 422 g/mol. The SMILES string of the molecule is Cc1nn(-c2ccccc2)c(N2CCN(C)CC2)c1CN(CC(C)C)C(=O)CCC1CCCC1. The maximum atomic E-state index is 13.4. The summed E-state index contributed by atoms with van der Waals surface area (Å²) < 4.78 is 2.10. The average molecular weight is 466 g/mol. The highest BCUT2D eigenvalue weighted by Crippen LogP contribution is 2.31. The minimum atomic E-state index is 0.303. The summed E-state index contributed by atoms with van der Waals surface area (Å²) in [5, 5.41) is 5.00. The molecule has 6 heteroatoms. The molecule has 0 N–H and O–H groups in total. The predicted octanol–water partition coefficient (Wildman–Crippen LogP) is 4.89. The van der Waals surface area contributed by atoms with Gasteiger partial charge in [-0.15, -0.1) is 0 Å². The molecule has 2 heterocycles. The van der Waals surface area contributed by atoms with Gasteiger partial charge in [0.05, 0.1) is 17.9 Å². The molecule has 2 aliphatic rings. The van der Waals surface area contributed by atoms with Crippen LogP contribution in [0.25, 0.3) is 5.69 Å². The van der Waals surface area contributed by atoms with E-state index in [1.165, 1.54) is 31.2 Å². The van der Waals surface area contributed by atoms with E-state index in [1.54, 1.807) is 0 Å². The highest BCUT2D eigenvalue weighted by Gasteiger charge is 2.28. The second-order valence-corrected chi connectivity index (χ2v) is 10.8. The number of aromatic nitrogens is 2. The van der Waals surface area contributed by atoms with E-state index < -0.39 is 0 Å². The molecule has 1 saturated heterocycles. The number of amides is 1. The maximum Gasteiger partial charge on any atom is 0.222 e. The molecule has 0 spiro atoms. The smallest absolute Gasteiger partial charge is 0.222 e.